The molecule has 0 fully saturated rings. The van der Waals surface area contributed by atoms with E-state index in [2.05, 4.69) is 84.4 Å². The van der Waals surface area contributed by atoms with Gasteiger partial charge in [-0.15, -0.1) is 0 Å². The second-order valence-corrected chi connectivity index (χ2v) is 6.03. The Balaban J connectivity index is 1.82. The minimum Gasteiger partial charge on any atom is -0.456 e. The predicted octanol–water partition coefficient (Wildman–Crippen LogP) is 5.84. The van der Waals surface area contributed by atoms with Crippen LogP contribution in [0, 0.1) is 6.92 Å². The van der Waals surface area contributed by atoms with Crippen LogP contribution in [0.2, 0.25) is 0 Å². The summed E-state index contributed by atoms with van der Waals surface area (Å²) in [6.07, 6.45) is 2.12. The van der Waals surface area contributed by atoms with Gasteiger partial charge in [0.1, 0.15) is 11.2 Å². The SMILES string of the molecule is Cc1ccc2oc3ccc(-n4ccc5ccccc54)cc3c2c1. The molecule has 3 aromatic carbocycles. The lowest BCUT2D eigenvalue weighted by atomic mass is 10.1. The number of aromatic nitrogens is 1. The van der Waals surface area contributed by atoms with Gasteiger partial charge in [0.15, 0.2) is 0 Å². The quantitative estimate of drug-likeness (QED) is 0.380. The molecule has 0 aliphatic carbocycles. The summed E-state index contributed by atoms with van der Waals surface area (Å²) in [5.74, 6) is 0. The summed E-state index contributed by atoms with van der Waals surface area (Å²) in [6, 6.07) is 23.3. The summed E-state index contributed by atoms with van der Waals surface area (Å²) in [5.41, 5.74) is 5.50. The third kappa shape index (κ3) is 1.82. The maximum absolute atomic E-state index is 5.96. The first-order valence-corrected chi connectivity index (χ1v) is 7.79. The van der Waals surface area contributed by atoms with E-state index in [0.717, 1.165) is 16.9 Å². The number of hydrogen-bond acceptors (Lipinski definition) is 1. The van der Waals surface area contributed by atoms with E-state index in [9.17, 15) is 0 Å². The van der Waals surface area contributed by atoms with Gasteiger partial charge in [-0.05, 0) is 54.8 Å². The summed E-state index contributed by atoms with van der Waals surface area (Å²) >= 11 is 0. The molecule has 0 amide bonds. The largest absolute Gasteiger partial charge is 0.456 e. The van der Waals surface area contributed by atoms with Gasteiger partial charge >= 0.3 is 0 Å². The number of aryl methyl sites for hydroxylation is 1. The van der Waals surface area contributed by atoms with E-state index in [0.29, 0.717) is 0 Å². The average molecular weight is 297 g/mol. The van der Waals surface area contributed by atoms with Crippen molar-refractivity contribution in [2.45, 2.75) is 6.92 Å². The van der Waals surface area contributed by atoms with Gasteiger partial charge in [0, 0.05) is 22.7 Å². The number of fused-ring (bicyclic) bond motifs is 4. The zero-order chi connectivity index (χ0) is 15.4. The van der Waals surface area contributed by atoms with Gasteiger partial charge in [0.05, 0.1) is 5.52 Å². The Kier molecular flexibility index (Phi) is 2.45. The molecule has 0 N–H and O–H groups in total. The van der Waals surface area contributed by atoms with E-state index in [1.807, 2.05) is 0 Å². The zero-order valence-corrected chi connectivity index (χ0v) is 12.8. The summed E-state index contributed by atoms with van der Waals surface area (Å²) in [4.78, 5) is 0. The normalized spacial score (nSPS) is 11.7. The van der Waals surface area contributed by atoms with Gasteiger partial charge in [-0.25, -0.2) is 0 Å². The molecular formula is C21H15NO. The fraction of sp³-hybridized carbons (Fsp3) is 0.0476. The topological polar surface area (TPSA) is 18.1 Å². The van der Waals surface area contributed by atoms with Crippen LogP contribution in [0.4, 0.5) is 0 Å². The average Bonchev–Trinajstić information content (AvgIpc) is 3.15. The number of nitrogens with zero attached hydrogens (tertiary/aromatic N) is 1. The Hall–Kier alpha value is -3.00. The van der Waals surface area contributed by atoms with Crippen molar-refractivity contribution in [2.75, 3.05) is 0 Å². The van der Waals surface area contributed by atoms with E-state index >= 15 is 0 Å². The molecule has 0 saturated heterocycles. The van der Waals surface area contributed by atoms with Gasteiger partial charge in [-0.3, -0.25) is 0 Å². The van der Waals surface area contributed by atoms with Crippen LogP contribution < -0.4 is 0 Å². The van der Waals surface area contributed by atoms with Gasteiger partial charge in [-0.1, -0.05) is 29.8 Å². The van der Waals surface area contributed by atoms with Crippen LogP contribution in [0.1, 0.15) is 5.56 Å². The first kappa shape index (κ1) is 12.5. The van der Waals surface area contributed by atoms with Crippen molar-refractivity contribution in [3.8, 4) is 5.69 Å². The van der Waals surface area contributed by atoms with Crippen LogP contribution in [-0.4, -0.2) is 4.57 Å². The monoisotopic (exact) mass is 297 g/mol. The number of benzene rings is 3. The summed E-state index contributed by atoms with van der Waals surface area (Å²) < 4.78 is 8.18. The standard InChI is InChI=1S/C21H15NO/c1-14-6-8-20-17(12-14)18-13-16(7-9-21(18)23-20)22-11-10-15-4-2-3-5-19(15)22/h2-13H,1H3. The maximum Gasteiger partial charge on any atom is 0.135 e. The fourth-order valence-electron chi connectivity index (χ4n) is 3.34. The number of furan rings is 1. The molecular weight excluding hydrogens is 282 g/mol. The molecule has 110 valence electrons. The molecule has 2 heteroatoms. The minimum atomic E-state index is 0.936. The number of para-hydroxylation sites is 1. The first-order chi connectivity index (χ1) is 11.3. The smallest absolute Gasteiger partial charge is 0.135 e. The van der Waals surface area contributed by atoms with Crippen LogP contribution in [0.25, 0.3) is 38.5 Å². The Labute approximate surface area is 133 Å². The van der Waals surface area contributed by atoms with E-state index < -0.39 is 0 Å². The molecule has 0 atom stereocenters. The lowest BCUT2D eigenvalue weighted by Gasteiger charge is -2.05. The number of rotatable bonds is 1. The van der Waals surface area contributed by atoms with Gasteiger partial charge < -0.3 is 8.98 Å². The molecule has 0 unspecified atom stereocenters. The van der Waals surface area contributed by atoms with Gasteiger partial charge in [-0.2, -0.15) is 0 Å². The molecule has 0 aliphatic rings. The van der Waals surface area contributed by atoms with E-state index in [1.54, 1.807) is 0 Å². The van der Waals surface area contributed by atoms with Crippen molar-refractivity contribution in [1.29, 1.82) is 0 Å². The highest BCUT2D eigenvalue weighted by molar-refractivity contribution is 6.06. The second-order valence-electron chi connectivity index (χ2n) is 6.03. The van der Waals surface area contributed by atoms with Crippen molar-refractivity contribution in [1.82, 2.24) is 4.57 Å². The van der Waals surface area contributed by atoms with Crippen LogP contribution in [0.5, 0.6) is 0 Å². The fourth-order valence-corrected chi connectivity index (χ4v) is 3.34. The van der Waals surface area contributed by atoms with Crippen molar-refractivity contribution >= 4 is 32.8 Å². The first-order valence-electron chi connectivity index (χ1n) is 7.79. The van der Waals surface area contributed by atoms with Crippen LogP contribution in [0.3, 0.4) is 0 Å². The molecule has 2 heterocycles. The molecule has 5 aromatic rings. The summed E-state index contributed by atoms with van der Waals surface area (Å²) in [5, 5.41) is 3.60. The Bertz CT molecular complexity index is 1180. The summed E-state index contributed by atoms with van der Waals surface area (Å²) in [6.45, 7) is 2.11. The molecule has 5 rings (SSSR count). The second kappa shape index (κ2) is 4.50. The van der Waals surface area contributed by atoms with Crippen LogP contribution in [0.15, 0.2) is 77.3 Å². The van der Waals surface area contributed by atoms with E-state index in [-0.39, 0.29) is 0 Å². The van der Waals surface area contributed by atoms with Crippen molar-refractivity contribution in [3.63, 3.8) is 0 Å². The zero-order valence-electron chi connectivity index (χ0n) is 12.8. The molecule has 0 aliphatic heterocycles. The minimum absolute atomic E-state index is 0.936. The summed E-state index contributed by atoms with van der Waals surface area (Å²) in [7, 11) is 0. The predicted molar refractivity (Wildman–Crippen MR) is 95.3 cm³/mol. The highest BCUT2D eigenvalue weighted by atomic mass is 16.3. The molecule has 0 saturated carbocycles. The van der Waals surface area contributed by atoms with E-state index in [1.165, 1.54) is 27.2 Å². The lowest BCUT2D eigenvalue weighted by Crippen LogP contribution is -1.90. The third-order valence-corrected chi connectivity index (χ3v) is 4.49. The highest BCUT2D eigenvalue weighted by Crippen LogP contribution is 2.31. The van der Waals surface area contributed by atoms with Crippen LogP contribution in [-0.2, 0) is 0 Å². The molecule has 2 aromatic heterocycles. The third-order valence-electron chi connectivity index (χ3n) is 4.49. The maximum atomic E-state index is 5.96. The Morgan fingerprint density at radius 2 is 1.57 bits per heavy atom. The highest BCUT2D eigenvalue weighted by Gasteiger charge is 2.09. The van der Waals surface area contributed by atoms with Gasteiger partial charge in [0.25, 0.3) is 0 Å². The van der Waals surface area contributed by atoms with Crippen LogP contribution >= 0.6 is 0 Å². The van der Waals surface area contributed by atoms with E-state index in [4.69, 9.17) is 4.42 Å². The molecule has 0 spiro atoms. The van der Waals surface area contributed by atoms with Crippen molar-refractivity contribution in [3.05, 3.63) is 78.5 Å². The van der Waals surface area contributed by atoms with Gasteiger partial charge in [0.2, 0.25) is 0 Å². The molecule has 0 radical (unpaired) electrons. The Morgan fingerprint density at radius 1 is 0.783 bits per heavy atom. The Morgan fingerprint density at radius 3 is 2.48 bits per heavy atom. The molecule has 23 heavy (non-hydrogen) atoms. The molecule has 2 nitrogen and oxygen atoms in total. The lowest BCUT2D eigenvalue weighted by molar-refractivity contribution is 0.669. The van der Waals surface area contributed by atoms with Crippen molar-refractivity contribution < 1.29 is 4.42 Å². The molecule has 0 bridgehead atoms. The number of hydrogen-bond donors (Lipinski definition) is 0. The van der Waals surface area contributed by atoms with Crippen molar-refractivity contribution in [2.24, 2.45) is 0 Å².